The van der Waals surface area contributed by atoms with Gasteiger partial charge < -0.3 is 13.8 Å². The SMILES string of the molecule is FC(F)(F)c1ccc(N2CCC(Cc3noc(-c4cc5cnccc5o4)n3)CC2)cc1. The highest BCUT2D eigenvalue weighted by molar-refractivity contribution is 5.80. The first-order valence-corrected chi connectivity index (χ1v) is 10.0. The molecule has 4 aromatic rings. The molecule has 1 aliphatic rings. The summed E-state index contributed by atoms with van der Waals surface area (Å²) in [4.78, 5) is 10.6. The third-order valence-electron chi connectivity index (χ3n) is 5.64. The quantitative estimate of drug-likeness (QED) is 0.436. The second-order valence-electron chi connectivity index (χ2n) is 7.72. The monoisotopic (exact) mass is 428 g/mol. The number of hydrogen-bond donors (Lipinski definition) is 0. The van der Waals surface area contributed by atoms with Gasteiger partial charge in [-0.1, -0.05) is 5.16 Å². The van der Waals surface area contributed by atoms with E-state index < -0.39 is 11.7 Å². The fourth-order valence-electron chi connectivity index (χ4n) is 3.94. The molecule has 1 aromatic carbocycles. The minimum absolute atomic E-state index is 0.341. The van der Waals surface area contributed by atoms with Crippen LogP contribution in [0, 0.1) is 5.92 Å². The molecule has 0 N–H and O–H groups in total. The fourth-order valence-corrected chi connectivity index (χ4v) is 3.94. The van der Waals surface area contributed by atoms with Crippen LogP contribution in [0.2, 0.25) is 0 Å². The lowest BCUT2D eigenvalue weighted by Crippen LogP contribution is -2.34. The molecule has 0 aliphatic carbocycles. The Morgan fingerprint density at radius 3 is 2.55 bits per heavy atom. The van der Waals surface area contributed by atoms with E-state index in [9.17, 15) is 13.2 Å². The van der Waals surface area contributed by atoms with Crippen molar-refractivity contribution in [2.45, 2.75) is 25.4 Å². The third kappa shape index (κ3) is 4.12. The van der Waals surface area contributed by atoms with E-state index in [2.05, 4.69) is 20.0 Å². The van der Waals surface area contributed by atoms with Gasteiger partial charge in [-0.3, -0.25) is 4.98 Å². The Balaban J connectivity index is 1.19. The summed E-state index contributed by atoms with van der Waals surface area (Å²) in [6, 6.07) is 8.95. The third-order valence-corrected chi connectivity index (χ3v) is 5.64. The average molecular weight is 428 g/mol. The summed E-state index contributed by atoms with van der Waals surface area (Å²) >= 11 is 0. The molecule has 3 aromatic heterocycles. The van der Waals surface area contributed by atoms with E-state index in [0.717, 1.165) is 49.1 Å². The number of aromatic nitrogens is 3. The maximum atomic E-state index is 12.7. The summed E-state index contributed by atoms with van der Waals surface area (Å²) in [7, 11) is 0. The maximum absolute atomic E-state index is 12.7. The number of furan rings is 1. The number of halogens is 3. The second-order valence-corrected chi connectivity index (χ2v) is 7.72. The molecule has 0 atom stereocenters. The number of rotatable bonds is 4. The zero-order valence-corrected chi connectivity index (χ0v) is 16.5. The van der Waals surface area contributed by atoms with Crippen molar-refractivity contribution in [2.75, 3.05) is 18.0 Å². The van der Waals surface area contributed by atoms with Crippen molar-refractivity contribution in [1.29, 1.82) is 0 Å². The number of pyridine rings is 1. The molecule has 31 heavy (non-hydrogen) atoms. The van der Waals surface area contributed by atoms with Crippen LogP contribution in [0.15, 0.2) is 57.7 Å². The standard InChI is InChI=1S/C22H19F3N4O2/c23-22(24,25)16-1-3-17(4-2-16)29-9-6-14(7-10-29)11-20-27-21(31-28-20)19-12-15-13-26-8-5-18(15)30-19/h1-5,8,12-14H,6-7,9-11H2. The highest BCUT2D eigenvalue weighted by atomic mass is 19.4. The Morgan fingerprint density at radius 2 is 1.84 bits per heavy atom. The van der Waals surface area contributed by atoms with Crippen molar-refractivity contribution in [1.82, 2.24) is 15.1 Å². The first-order valence-electron chi connectivity index (χ1n) is 10.0. The Hall–Kier alpha value is -3.36. The highest BCUT2D eigenvalue weighted by Gasteiger charge is 2.30. The zero-order valence-electron chi connectivity index (χ0n) is 16.5. The Morgan fingerprint density at radius 1 is 1.06 bits per heavy atom. The first kappa shape index (κ1) is 19.6. The first-order chi connectivity index (χ1) is 15.0. The van der Waals surface area contributed by atoms with Crippen LogP contribution in [-0.2, 0) is 12.6 Å². The maximum Gasteiger partial charge on any atom is 0.416 e. The van der Waals surface area contributed by atoms with E-state index in [1.165, 1.54) is 12.1 Å². The summed E-state index contributed by atoms with van der Waals surface area (Å²) in [5.74, 6) is 1.87. The Labute approximate surface area is 175 Å². The molecule has 0 amide bonds. The zero-order chi connectivity index (χ0) is 21.4. The van der Waals surface area contributed by atoms with E-state index in [0.29, 0.717) is 35.4 Å². The van der Waals surface area contributed by atoms with Crippen molar-refractivity contribution in [3.05, 3.63) is 60.2 Å². The summed E-state index contributed by atoms with van der Waals surface area (Å²) < 4.78 is 49.3. The minimum Gasteiger partial charge on any atom is -0.451 e. The molecular formula is C22H19F3N4O2. The summed E-state index contributed by atoms with van der Waals surface area (Å²) in [5, 5.41) is 4.95. The predicted molar refractivity (Wildman–Crippen MR) is 107 cm³/mol. The molecule has 5 rings (SSSR count). The van der Waals surface area contributed by atoms with Gasteiger partial charge >= 0.3 is 6.18 Å². The molecule has 6 nitrogen and oxygen atoms in total. The number of hydrogen-bond acceptors (Lipinski definition) is 6. The Bertz CT molecular complexity index is 1140. The molecule has 0 saturated carbocycles. The summed E-state index contributed by atoms with van der Waals surface area (Å²) in [5.41, 5.74) is 0.896. The van der Waals surface area contributed by atoms with Crippen LogP contribution in [0.3, 0.4) is 0 Å². The summed E-state index contributed by atoms with van der Waals surface area (Å²) in [6.45, 7) is 1.55. The minimum atomic E-state index is -4.31. The van der Waals surface area contributed by atoms with E-state index >= 15 is 0 Å². The van der Waals surface area contributed by atoms with Gasteiger partial charge in [-0.2, -0.15) is 18.2 Å². The highest BCUT2D eigenvalue weighted by Crippen LogP contribution is 2.32. The van der Waals surface area contributed by atoms with Crippen LogP contribution in [0.25, 0.3) is 22.6 Å². The number of fused-ring (bicyclic) bond motifs is 1. The van der Waals surface area contributed by atoms with Crippen molar-refractivity contribution in [3.63, 3.8) is 0 Å². The van der Waals surface area contributed by atoms with E-state index in [1.54, 1.807) is 18.5 Å². The molecule has 1 aliphatic heterocycles. The van der Waals surface area contributed by atoms with Gasteiger partial charge in [0, 0.05) is 43.0 Å². The normalized spacial score (nSPS) is 15.6. The van der Waals surface area contributed by atoms with Crippen LogP contribution in [0.4, 0.5) is 18.9 Å². The van der Waals surface area contributed by atoms with Crippen LogP contribution >= 0.6 is 0 Å². The second kappa shape index (κ2) is 7.72. The van der Waals surface area contributed by atoms with Crippen molar-refractivity contribution in [3.8, 4) is 11.7 Å². The van der Waals surface area contributed by atoms with Gasteiger partial charge in [-0.25, -0.2) is 0 Å². The largest absolute Gasteiger partial charge is 0.451 e. The van der Waals surface area contributed by atoms with Gasteiger partial charge in [-0.15, -0.1) is 0 Å². The molecule has 9 heteroatoms. The van der Waals surface area contributed by atoms with Crippen molar-refractivity contribution >= 4 is 16.7 Å². The van der Waals surface area contributed by atoms with Gasteiger partial charge in [-0.05, 0) is 55.2 Å². The molecule has 1 fully saturated rings. The van der Waals surface area contributed by atoms with Crippen molar-refractivity contribution < 1.29 is 22.1 Å². The van der Waals surface area contributed by atoms with Crippen LogP contribution < -0.4 is 4.90 Å². The lowest BCUT2D eigenvalue weighted by atomic mass is 9.93. The van der Waals surface area contributed by atoms with Gasteiger partial charge in [0.2, 0.25) is 0 Å². The molecule has 0 unspecified atom stereocenters. The van der Waals surface area contributed by atoms with Crippen LogP contribution in [-0.4, -0.2) is 28.2 Å². The van der Waals surface area contributed by atoms with E-state index in [1.807, 2.05) is 6.07 Å². The van der Waals surface area contributed by atoms with Crippen molar-refractivity contribution in [2.24, 2.45) is 5.92 Å². The van der Waals surface area contributed by atoms with E-state index in [-0.39, 0.29) is 0 Å². The van der Waals surface area contributed by atoms with Gasteiger partial charge in [0.15, 0.2) is 11.6 Å². The molecule has 4 heterocycles. The number of anilines is 1. The molecule has 0 spiro atoms. The number of piperidine rings is 1. The lowest BCUT2D eigenvalue weighted by Gasteiger charge is -2.33. The molecule has 160 valence electrons. The van der Waals surface area contributed by atoms with Gasteiger partial charge in [0.05, 0.1) is 5.56 Å². The summed E-state index contributed by atoms with van der Waals surface area (Å²) in [6.07, 6.45) is 1.55. The Kier molecular flexibility index (Phi) is 4.88. The predicted octanol–water partition coefficient (Wildman–Crippen LogP) is 5.36. The van der Waals surface area contributed by atoms with Crippen LogP contribution in [0.5, 0.6) is 0 Å². The topological polar surface area (TPSA) is 68.2 Å². The number of alkyl halides is 3. The number of nitrogens with zero attached hydrogens (tertiary/aromatic N) is 4. The lowest BCUT2D eigenvalue weighted by molar-refractivity contribution is -0.137. The smallest absolute Gasteiger partial charge is 0.416 e. The molecular weight excluding hydrogens is 409 g/mol. The van der Waals surface area contributed by atoms with E-state index in [4.69, 9.17) is 8.94 Å². The average Bonchev–Trinajstić information content (AvgIpc) is 3.40. The van der Waals surface area contributed by atoms with Gasteiger partial charge in [0.25, 0.3) is 5.89 Å². The van der Waals surface area contributed by atoms with Gasteiger partial charge in [0.1, 0.15) is 5.58 Å². The molecule has 0 radical (unpaired) electrons. The molecule has 1 saturated heterocycles. The van der Waals surface area contributed by atoms with Crippen LogP contribution in [0.1, 0.15) is 24.2 Å². The molecule has 0 bridgehead atoms. The fraction of sp³-hybridized carbons (Fsp3) is 0.318. The number of benzene rings is 1.